The maximum absolute atomic E-state index is 13.6. The van der Waals surface area contributed by atoms with Crippen LogP contribution in [0.4, 0.5) is 14.5 Å². The first-order valence-corrected chi connectivity index (χ1v) is 8.87. The highest BCUT2D eigenvalue weighted by Gasteiger charge is 2.15. The van der Waals surface area contributed by atoms with Gasteiger partial charge in [0.05, 0.1) is 11.2 Å². The van der Waals surface area contributed by atoms with Crippen molar-refractivity contribution in [3.63, 3.8) is 0 Å². The maximum atomic E-state index is 13.6. The molecule has 0 aliphatic heterocycles. The second kappa shape index (κ2) is 6.70. The Morgan fingerprint density at radius 1 is 1.38 bits per heavy atom. The molecule has 0 bridgehead atoms. The van der Waals surface area contributed by atoms with Gasteiger partial charge in [0, 0.05) is 6.07 Å². The van der Waals surface area contributed by atoms with Crippen LogP contribution < -0.4 is 10.9 Å². The number of hydrogen-bond acceptors (Lipinski definition) is 5. The molecular weight excluding hydrogens is 356 g/mol. The molecule has 0 saturated carbocycles. The number of carbonyl (C=O) groups is 1. The van der Waals surface area contributed by atoms with Gasteiger partial charge >= 0.3 is 0 Å². The number of anilines is 1. The van der Waals surface area contributed by atoms with Gasteiger partial charge in [-0.25, -0.2) is 13.8 Å². The van der Waals surface area contributed by atoms with Gasteiger partial charge in [-0.05, 0) is 29.8 Å². The van der Waals surface area contributed by atoms with Gasteiger partial charge in [0.25, 0.3) is 5.56 Å². The van der Waals surface area contributed by atoms with Crippen LogP contribution in [0, 0.1) is 11.6 Å². The molecule has 1 amide bonds. The normalized spacial score (nSPS) is 11.0. The minimum atomic E-state index is -0.756. The van der Waals surface area contributed by atoms with Crippen LogP contribution in [-0.2, 0) is 11.3 Å². The second-order valence-corrected chi connectivity index (χ2v) is 6.49. The van der Waals surface area contributed by atoms with E-state index in [0.717, 1.165) is 18.2 Å². The van der Waals surface area contributed by atoms with E-state index in [0.29, 0.717) is 15.4 Å². The van der Waals surface area contributed by atoms with Crippen LogP contribution in [0.5, 0.6) is 0 Å². The summed E-state index contributed by atoms with van der Waals surface area (Å²) in [5.74, 6) is -2.07. The third-order valence-corrected chi connectivity index (χ3v) is 4.79. The van der Waals surface area contributed by atoms with Gasteiger partial charge in [-0.2, -0.15) is 0 Å². The van der Waals surface area contributed by atoms with Crippen molar-refractivity contribution in [3.8, 4) is 0 Å². The highest BCUT2D eigenvalue weighted by atomic mass is 32.2. The SMILES string of the molecule is CSc1nc2ccsc2c(=O)n1CC(=O)Nc1cc(F)ccc1F. The molecule has 2 heterocycles. The van der Waals surface area contributed by atoms with Crippen LogP contribution in [0.15, 0.2) is 39.6 Å². The Balaban J connectivity index is 1.91. The van der Waals surface area contributed by atoms with Gasteiger partial charge in [-0.3, -0.25) is 14.2 Å². The van der Waals surface area contributed by atoms with E-state index in [4.69, 9.17) is 0 Å². The first-order valence-electron chi connectivity index (χ1n) is 6.76. The van der Waals surface area contributed by atoms with Gasteiger partial charge < -0.3 is 5.32 Å². The molecule has 0 spiro atoms. The lowest BCUT2D eigenvalue weighted by molar-refractivity contribution is -0.116. The van der Waals surface area contributed by atoms with E-state index in [1.165, 1.54) is 27.7 Å². The minimum absolute atomic E-state index is 0.274. The van der Waals surface area contributed by atoms with Crippen molar-refractivity contribution in [1.82, 2.24) is 9.55 Å². The number of halogens is 2. The number of thiophene rings is 1. The van der Waals surface area contributed by atoms with E-state index in [1.54, 1.807) is 17.7 Å². The Morgan fingerprint density at radius 2 is 2.17 bits per heavy atom. The summed E-state index contributed by atoms with van der Waals surface area (Å²) in [5, 5.41) is 4.39. The monoisotopic (exact) mass is 367 g/mol. The van der Waals surface area contributed by atoms with Gasteiger partial charge in [-0.15, -0.1) is 11.3 Å². The first-order chi connectivity index (χ1) is 11.5. The summed E-state index contributed by atoms with van der Waals surface area (Å²) in [5.41, 5.74) is -0.0414. The largest absolute Gasteiger partial charge is 0.322 e. The zero-order valence-corrected chi connectivity index (χ0v) is 14.0. The summed E-state index contributed by atoms with van der Waals surface area (Å²) in [6.45, 7) is -0.341. The van der Waals surface area contributed by atoms with Crippen molar-refractivity contribution >= 4 is 44.9 Å². The number of aromatic nitrogens is 2. The molecule has 1 N–H and O–H groups in total. The van der Waals surface area contributed by atoms with E-state index >= 15 is 0 Å². The molecular formula is C15H11F2N3O2S2. The van der Waals surface area contributed by atoms with Crippen molar-refractivity contribution in [3.05, 3.63) is 51.6 Å². The topological polar surface area (TPSA) is 64.0 Å². The number of thioether (sulfide) groups is 1. The van der Waals surface area contributed by atoms with Crippen molar-refractivity contribution in [2.75, 3.05) is 11.6 Å². The molecule has 0 aliphatic rings. The molecule has 124 valence electrons. The van der Waals surface area contributed by atoms with Gasteiger partial charge in [-0.1, -0.05) is 11.8 Å². The number of rotatable bonds is 4. The molecule has 0 fully saturated rings. The van der Waals surface area contributed by atoms with Crippen molar-refractivity contribution in [2.24, 2.45) is 0 Å². The summed E-state index contributed by atoms with van der Waals surface area (Å²) in [7, 11) is 0. The zero-order valence-electron chi connectivity index (χ0n) is 12.4. The van der Waals surface area contributed by atoms with E-state index < -0.39 is 17.5 Å². The lowest BCUT2D eigenvalue weighted by Gasteiger charge is -2.11. The molecule has 5 nitrogen and oxygen atoms in total. The van der Waals surface area contributed by atoms with Crippen LogP contribution in [0.1, 0.15) is 0 Å². The maximum Gasteiger partial charge on any atom is 0.272 e. The predicted octanol–water partition coefficient (Wildman–Crippen LogP) is 3.10. The Labute approximate surface area is 143 Å². The molecule has 0 atom stereocenters. The highest BCUT2D eigenvalue weighted by molar-refractivity contribution is 7.98. The summed E-state index contributed by atoms with van der Waals surface area (Å²) < 4.78 is 28.4. The predicted molar refractivity (Wildman–Crippen MR) is 90.6 cm³/mol. The fraction of sp³-hybridized carbons (Fsp3) is 0.133. The molecule has 24 heavy (non-hydrogen) atoms. The van der Waals surface area contributed by atoms with Crippen LogP contribution in [-0.4, -0.2) is 21.7 Å². The molecule has 2 aromatic heterocycles. The van der Waals surface area contributed by atoms with Gasteiger partial charge in [0.2, 0.25) is 5.91 Å². The molecule has 1 aromatic carbocycles. The Morgan fingerprint density at radius 3 is 2.92 bits per heavy atom. The summed E-state index contributed by atoms with van der Waals surface area (Å²) >= 11 is 2.46. The average molecular weight is 367 g/mol. The van der Waals surface area contributed by atoms with Crippen molar-refractivity contribution in [1.29, 1.82) is 0 Å². The lowest BCUT2D eigenvalue weighted by atomic mass is 10.3. The number of fused-ring (bicyclic) bond motifs is 1. The third-order valence-electron chi connectivity index (χ3n) is 3.22. The van der Waals surface area contributed by atoms with Crippen LogP contribution >= 0.6 is 23.1 Å². The van der Waals surface area contributed by atoms with E-state index in [1.807, 2.05) is 0 Å². The molecule has 0 saturated heterocycles. The summed E-state index contributed by atoms with van der Waals surface area (Å²) in [4.78, 5) is 29.0. The number of hydrogen-bond donors (Lipinski definition) is 1. The standard InChI is InChI=1S/C15H11F2N3O2S2/c1-23-15-19-10-4-5-24-13(10)14(22)20(15)7-12(21)18-11-6-8(16)2-3-9(11)17/h2-6H,7H2,1H3,(H,18,21). The van der Waals surface area contributed by atoms with Gasteiger partial charge in [0.15, 0.2) is 5.16 Å². The molecule has 3 aromatic rings. The Kier molecular flexibility index (Phi) is 4.63. The fourth-order valence-corrected chi connectivity index (χ4v) is 3.48. The van der Waals surface area contributed by atoms with Crippen molar-refractivity contribution in [2.45, 2.75) is 11.7 Å². The molecule has 0 aliphatic carbocycles. The van der Waals surface area contributed by atoms with Crippen LogP contribution in [0.2, 0.25) is 0 Å². The number of benzene rings is 1. The van der Waals surface area contributed by atoms with E-state index in [-0.39, 0.29) is 17.8 Å². The zero-order chi connectivity index (χ0) is 17.3. The molecule has 0 radical (unpaired) electrons. The summed E-state index contributed by atoms with van der Waals surface area (Å²) in [6.07, 6.45) is 1.74. The van der Waals surface area contributed by atoms with E-state index in [9.17, 15) is 18.4 Å². The van der Waals surface area contributed by atoms with Crippen molar-refractivity contribution < 1.29 is 13.6 Å². The van der Waals surface area contributed by atoms with E-state index in [2.05, 4.69) is 10.3 Å². The average Bonchev–Trinajstić information content (AvgIpc) is 3.02. The molecule has 9 heteroatoms. The Hall–Kier alpha value is -2.26. The fourth-order valence-electron chi connectivity index (χ4n) is 2.15. The lowest BCUT2D eigenvalue weighted by Crippen LogP contribution is -2.29. The minimum Gasteiger partial charge on any atom is -0.322 e. The number of nitrogens with one attached hydrogen (secondary N) is 1. The first kappa shape index (κ1) is 16.6. The molecule has 3 rings (SSSR count). The highest BCUT2D eigenvalue weighted by Crippen LogP contribution is 2.20. The van der Waals surface area contributed by atoms with Crippen LogP contribution in [0.25, 0.3) is 10.2 Å². The smallest absolute Gasteiger partial charge is 0.272 e. The Bertz CT molecular complexity index is 984. The summed E-state index contributed by atoms with van der Waals surface area (Å²) in [6, 6.07) is 4.49. The number of nitrogens with zero attached hydrogens (tertiary/aromatic N) is 2. The number of amides is 1. The third kappa shape index (κ3) is 3.17. The van der Waals surface area contributed by atoms with Crippen LogP contribution in [0.3, 0.4) is 0 Å². The molecule has 0 unspecified atom stereocenters. The quantitative estimate of drug-likeness (QED) is 0.569. The number of carbonyl (C=O) groups excluding carboxylic acids is 1. The van der Waals surface area contributed by atoms with Gasteiger partial charge in [0.1, 0.15) is 22.9 Å². The second-order valence-electron chi connectivity index (χ2n) is 4.80.